The van der Waals surface area contributed by atoms with Crippen molar-refractivity contribution in [3.05, 3.63) is 35.1 Å². The fraction of sp³-hybridized carbons (Fsp3) is 0.111. The zero-order valence-corrected chi connectivity index (χ0v) is 8.21. The van der Waals surface area contributed by atoms with E-state index in [-0.39, 0.29) is 0 Å². The summed E-state index contributed by atoms with van der Waals surface area (Å²) in [5.74, 6) is 0.884. The van der Waals surface area contributed by atoms with Crippen molar-refractivity contribution >= 4 is 15.9 Å². The molecule has 2 aromatic rings. The Morgan fingerprint density at radius 2 is 2.17 bits per heavy atom. The van der Waals surface area contributed by atoms with E-state index in [0.29, 0.717) is 0 Å². The molecule has 2 heterocycles. The Hall–Kier alpha value is -0.960. The van der Waals surface area contributed by atoms with Gasteiger partial charge in [-0.2, -0.15) is 0 Å². The molecule has 0 fully saturated rings. The lowest BCUT2D eigenvalue weighted by atomic mass is 10.3. The van der Waals surface area contributed by atoms with Crippen molar-refractivity contribution in [2.24, 2.45) is 7.05 Å². The molecule has 0 unspecified atom stereocenters. The van der Waals surface area contributed by atoms with E-state index in [1.165, 1.54) is 0 Å². The highest BCUT2D eigenvalue weighted by molar-refractivity contribution is 9.10. The molecular formula is C9H8BrNO. The number of rotatable bonds is 1. The van der Waals surface area contributed by atoms with Crippen LogP contribution in [0.5, 0.6) is 0 Å². The minimum absolute atomic E-state index is 0.763. The lowest BCUT2D eigenvalue weighted by Crippen LogP contribution is -1.86. The molecule has 3 heteroatoms. The van der Waals surface area contributed by atoms with Crippen LogP contribution < -0.4 is 0 Å². The van der Waals surface area contributed by atoms with Crippen molar-refractivity contribution in [2.75, 3.05) is 0 Å². The summed E-state index contributed by atoms with van der Waals surface area (Å²) in [6, 6.07) is 7.85. The Bertz CT molecular complexity index is 389. The van der Waals surface area contributed by atoms with Crippen LogP contribution in [0.3, 0.4) is 0 Å². The molecule has 0 aliphatic rings. The highest BCUT2D eigenvalue weighted by atomic mass is 79.9. The second-order valence-electron chi connectivity index (χ2n) is 2.61. The highest BCUT2D eigenvalue weighted by Gasteiger charge is 2.04. The number of nitrogens with zero attached hydrogens (tertiary/aromatic N) is 1. The maximum atomic E-state index is 5.40. The van der Waals surface area contributed by atoms with Gasteiger partial charge in [0.25, 0.3) is 0 Å². The maximum absolute atomic E-state index is 5.40. The van der Waals surface area contributed by atoms with E-state index in [1.54, 1.807) is 0 Å². The van der Waals surface area contributed by atoms with E-state index in [0.717, 1.165) is 16.1 Å². The minimum Gasteiger partial charge on any atom is -0.448 e. The standard InChI is InChI=1S/C9H8BrNO/c1-11-6-2-3-7(11)8-4-5-9(10)12-8/h2-6H,1H3. The van der Waals surface area contributed by atoms with Crippen molar-refractivity contribution in [1.29, 1.82) is 0 Å². The lowest BCUT2D eigenvalue weighted by Gasteiger charge is -1.97. The zero-order valence-electron chi connectivity index (χ0n) is 6.62. The van der Waals surface area contributed by atoms with Gasteiger partial charge >= 0.3 is 0 Å². The smallest absolute Gasteiger partial charge is 0.169 e. The van der Waals surface area contributed by atoms with Crippen LogP contribution in [0, 0.1) is 0 Å². The van der Waals surface area contributed by atoms with Crippen LogP contribution in [0.25, 0.3) is 11.5 Å². The summed E-state index contributed by atoms with van der Waals surface area (Å²) in [7, 11) is 1.99. The van der Waals surface area contributed by atoms with Crippen LogP contribution >= 0.6 is 15.9 Å². The molecule has 0 N–H and O–H groups in total. The Balaban J connectivity index is 2.50. The van der Waals surface area contributed by atoms with Gasteiger partial charge < -0.3 is 8.98 Å². The third-order valence-electron chi connectivity index (χ3n) is 1.77. The predicted octanol–water partition coefficient (Wildman–Crippen LogP) is 3.05. The molecule has 0 radical (unpaired) electrons. The number of aromatic nitrogens is 1. The van der Waals surface area contributed by atoms with E-state index in [2.05, 4.69) is 15.9 Å². The first-order valence-corrected chi connectivity index (χ1v) is 4.44. The first kappa shape index (κ1) is 7.68. The largest absolute Gasteiger partial charge is 0.448 e. The zero-order chi connectivity index (χ0) is 8.55. The molecule has 0 aliphatic heterocycles. The van der Waals surface area contributed by atoms with Gasteiger partial charge in [-0.25, -0.2) is 0 Å². The molecule has 2 nitrogen and oxygen atoms in total. The summed E-state index contributed by atoms with van der Waals surface area (Å²) in [6.45, 7) is 0. The van der Waals surface area contributed by atoms with Crippen LogP contribution in [-0.4, -0.2) is 4.57 Å². The van der Waals surface area contributed by atoms with E-state index in [9.17, 15) is 0 Å². The Labute approximate surface area is 78.9 Å². The van der Waals surface area contributed by atoms with Crippen LogP contribution in [0.1, 0.15) is 0 Å². The molecule has 0 atom stereocenters. The van der Waals surface area contributed by atoms with Crippen molar-refractivity contribution < 1.29 is 4.42 Å². The highest BCUT2D eigenvalue weighted by Crippen LogP contribution is 2.24. The maximum Gasteiger partial charge on any atom is 0.169 e. The normalized spacial score (nSPS) is 10.5. The van der Waals surface area contributed by atoms with Crippen molar-refractivity contribution in [3.63, 3.8) is 0 Å². The van der Waals surface area contributed by atoms with Crippen molar-refractivity contribution in [1.82, 2.24) is 4.57 Å². The molecule has 12 heavy (non-hydrogen) atoms. The Kier molecular flexibility index (Phi) is 1.81. The fourth-order valence-corrected chi connectivity index (χ4v) is 1.48. The topological polar surface area (TPSA) is 18.1 Å². The van der Waals surface area contributed by atoms with Crippen LogP contribution in [0.4, 0.5) is 0 Å². The molecule has 62 valence electrons. The second kappa shape index (κ2) is 2.83. The molecule has 0 aromatic carbocycles. The van der Waals surface area contributed by atoms with Gasteiger partial charge in [-0.15, -0.1) is 0 Å². The van der Waals surface area contributed by atoms with Gasteiger partial charge in [0.15, 0.2) is 10.4 Å². The molecule has 0 saturated heterocycles. The number of halogens is 1. The third kappa shape index (κ3) is 1.20. The predicted molar refractivity (Wildman–Crippen MR) is 50.8 cm³/mol. The van der Waals surface area contributed by atoms with E-state index in [4.69, 9.17) is 4.42 Å². The summed E-state index contributed by atoms with van der Waals surface area (Å²) < 4.78 is 8.19. The Morgan fingerprint density at radius 1 is 1.33 bits per heavy atom. The second-order valence-corrected chi connectivity index (χ2v) is 3.39. The summed E-state index contributed by atoms with van der Waals surface area (Å²) in [5, 5.41) is 0. The van der Waals surface area contributed by atoms with Gasteiger partial charge in [0.2, 0.25) is 0 Å². The average Bonchev–Trinajstić information content (AvgIpc) is 2.58. The first-order chi connectivity index (χ1) is 5.77. The van der Waals surface area contributed by atoms with Crippen molar-refractivity contribution in [3.8, 4) is 11.5 Å². The quantitative estimate of drug-likeness (QED) is 0.730. The van der Waals surface area contributed by atoms with E-state index >= 15 is 0 Å². The van der Waals surface area contributed by atoms with Crippen LogP contribution in [0.15, 0.2) is 39.5 Å². The van der Waals surface area contributed by atoms with Crippen molar-refractivity contribution in [2.45, 2.75) is 0 Å². The van der Waals surface area contributed by atoms with Gasteiger partial charge in [0.1, 0.15) is 0 Å². The third-order valence-corrected chi connectivity index (χ3v) is 2.20. The van der Waals surface area contributed by atoms with Crippen LogP contribution in [0.2, 0.25) is 0 Å². The number of hydrogen-bond donors (Lipinski definition) is 0. The molecule has 0 amide bonds. The first-order valence-electron chi connectivity index (χ1n) is 3.64. The SMILES string of the molecule is Cn1cccc1-c1ccc(Br)o1. The number of aryl methyl sites for hydroxylation is 1. The summed E-state index contributed by atoms with van der Waals surface area (Å²) >= 11 is 3.27. The summed E-state index contributed by atoms with van der Waals surface area (Å²) in [6.07, 6.45) is 1.99. The fourth-order valence-electron chi connectivity index (χ4n) is 1.17. The van der Waals surface area contributed by atoms with E-state index in [1.807, 2.05) is 42.1 Å². The Morgan fingerprint density at radius 3 is 2.67 bits per heavy atom. The molecule has 0 spiro atoms. The van der Waals surface area contributed by atoms with Gasteiger partial charge in [0.05, 0.1) is 5.69 Å². The minimum atomic E-state index is 0.763. The lowest BCUT2D eigenvalue weighted by molar-refractivity contribution is 0.551. The molecular weight excluding hydrogens is 218 g/mol. The number of furan rings is 1. The molecule has 2 rings (SSSR count). The average molecular weight is 226 g/mol. The van der Waals surface area contributed by atoms with Crippen LogP contribution in [-0.2, 0) is 7.05 Å². The number of hydrogen-bond acceptors (Lipinski definition) is 1. The van der Waals surface area contributed by atoms with Gasteiger partial charge in [0, 0.05) is 13.2 Å². The molecule has 0 saturated carbocycles. The molecule has 0 bridgehead atoms. The summed E-state index contributed by atoms with van der Waals surface area (Å²) in [5.41, 5.74) is 1.08. The monoisotopic (exact) mass is 225 g/mol. The summed E-state index contributed by atoms with van der Waals surface area (Å²) in [4.78, 5) is 0. The molecule has 0 aliphatic carbocycles. The van der Waals surface area contributed by atoms with Gasteiger partial charge in [-0.1, -0.05) is 0 Å². The van der Waals surface area contributed by atoms with E-state index < -0.39 is 0 Å². The van der Waals surface area contributed by atoms with Gasteiger partial charge in [-0.3, -0.25) is 0 Å². The van der Waals surface area contributed by atoms with Gasteiger partial charge in [-0.05, 0) is 40.2 Å². The molecule has 2 aromatic heterocycles.